The average Bonchev–Trinajstić information content (AvgIpc) is 3.05. The number of alkyl halides is 2. The van der Waals surface area contributed by atoms with Crippen molar-refractivity contribution in [2.75, 3.05) is 6.61 Å². The van der Waals surface area contributed by atoms with Gasteiger partial charge >= 0.3 is 12.6 Å². The summed E-state index contributed by atoms with van der Waals surface area (Å²) in [5.41, 5.74) is 0.268. The van der Waals surface area contributed by atoms with E-state index < -0.39 is 18.5 Å². The van der Waals surface area contributed by atoms with Crippen molar-refractivity contribution in [3.8, 4) is 11.5 Å². The molecule has 0 spiro atoms. The molecule has 2 N–H and O–H groups in total. The molecule has 0 aliphatic carbocycles. The molecule has 0 aliphatic rings. The van der Waals surface area contributed by atoms with Crippen LogP contribution in [-0.4, -0.2) is 30.2 Å². The van der Waals surface area contributed by atoms with Gasteiger partial charge in [-0.2, -0.15) is 8.78 Å². The number of carboxylic acids is 1. The van der Waals surface area contributed by atoms with Crippen molar-refractivity contribution in [1.29, 1.82) is 0 Å². The maximum absolute atomic E-state index is 12.6. The lowest BCUT2D eigenvalue weighted by atomic mass is 10.2. The SMILES string of the molecule is CCOc1cccc(CNC(=O)c2ccc(C(=O)O)o2)c1OC(F)F. The Hall–Kier alpha value is -3.10. The first-order chi connectivity index (χ1) is 11.9. The number of rotatable bonds is 8. The fourth-order valence-corrected chi connectivity index (χ4v) is 2.03. The predicted octanol–water partition coefficient (Wildman–Crippen LogP) is 2.91. The second kappa shape index (κ2) is 8.13. The molecule has 2 aromatic rings. The lowest BCUT2D eigenvalue weighted by molar-refractivity contribution is -0.0520. The van der Waals surface area contributed by atoms with Gasteiger partial charge in [-0.05, 0) is 25.1 Å². The molecule has 1 aromatic heterocycles. The van der Waals surface area contributed by atoms with Crippen molar-refractivity contribution in [2.24, 2.45) is 0 Å². The summed E-state index contributed by atoms with van der Waals surface area (Å²) in [5.74, 6) is -2.65. The highest BCUT2D eigenvalue weighted by Crippen LogP contribution is 2.32. The molecule has 0 saturated heterocycles. The number of carboxylic acid groups (broad SMARTS) is 1. The van der Waals surface area contributed by atoms with Crippen LogP contribution >= 0.6 is 0 Å². The number of para-hydroxylation sites is 1. The van der Waals surface area contributed by atoms with Crippen LogP contribution in [0.1, 0.15) is 33.6 Å². The van der Waals surface area contributed by atoms with E-state index in [0.717, 1.165) is 6.07 Å². The van der Waals surface area contributed by atoms with Crippen LogP contribution in [0.15, 0.2) is 34.7 Å². The Morgan fingerprint density at radius 1 is 1.24 bits per heavy atom. The van der Waals surface area contributed by atoms with E-state index in [9.17, 15) is 18.4 Å². The molecule has 1 amide bonds. The Labute approximate surface area is 141 Å². The minimum Gasteiger partial charge on any atom is -0.490 e. The number of hydrogen-bond acceptors (Lipinski definition) is 5. The molecule has 0 atom stereocenters. The Bertz CT molecular complexity index is 759. The normalized spacial score (nSPS) is 10.6. The number of furan rings is 1. The van der Waals surface area contributed by atoms with Crippen LogP contribution in [0, 0.1) is 0 Å². The number of aromatic carboxylic acids is 1. The second-order valence-corrected chi connectivity index (χ2v) is 4.71. The van der Waals surface area contributed by atoms with Gasteiger partial charge in [0.05, 0.1) is 6.61 Å². The predicted molar refractivity (Wildman–Crippen MR) is 81.1 cm³/mol. The van der Waals surface area contributed by atoms with E-state index in [0.29, 0.717) is 0 Å². The molecule has 0 aliphatic heterocycles. The molecule has 134 valence electrons. The van der Waals surface area contributed by atoms with Crippen molar-refractivity contribution in [3.63, 3.8) is 0 Å². The molecular weight excluding hydrogens is 340 g/mol. The maximum atomic E-state index is 12.6. The first-order valence-corrected chi connectivity index (χ1v) is 7.23. The van der Waals surface area contributed by atoms with Crippen molar-refractivity contribution in [1.82, 2.24) is 5.32 Å². The van der Waals surface area contributed by atoms with Crippen LogP contribution in [0.5, 0.6) is 11.5 Å². The van der Waals surface area contributed by atoms with Crippen LogP contribution < -0.4 is 14.8 Å². The number of halogens is 2. The van der Waals surface area contributed by atoms with E-state index >= 15 is 0 Å². The zero-order chi connectivity index (χ0) is 18.4. The van der Waals surface area contributed by atoms with Crippen LogP contribution in [0.2, 0.25) is 0 Å². The van der Waals surface area contributed by atoms with Crippen molar-refractivity contribution in [2.45, 2.75) is 20.1 Å². The third-order valence-corrected chi connectivity index (χ3v) is 3.05. The van der Waals surface area contributed by atoms with E-state index in [-0.39, 0.29) is 41.7 Å². The summed E-state index contributed by atoms with van der Waals surface area (Å²) >= 11 is 0. The molecular formula is C16H15F2NO6. The van der Waals surface area contributed by atoms with Gasteiger partial charge in [0.25, 0.3) is 5.91 Å². The summed E-state index contributed by atoms with van der Waals surface area (Å²) in [5, 5.41) is 11.2. The second-order valence-electron chi connectivity index (χ2n) is 4.71. The Kier molecular flexibility index (Phi) is 5.93. The standard InChI is InChI=1S/C16H15F2NO6/c1-2-23-10-5-3-4-9(13(10)25-16(17)18)8-19-14(20)11-6-7-12(24-11)15(21)22/h3-7,16H,2,8H2,1H3,(H,19,20)(H,21,22). The first kappa shape index (κ1) is 18.2. The van der Waals surface area contributed by atoms with E-state index in [4.69, 9.17) is 14.3 Å². The minimum absolute atomic E-state index is 0.126. The number of nitrogens with one attached hydrogen (secondary N) is 1. The molecule has 25 heavy (non-hydrogen) atoms. The van der Waals surface area contributed by atoms with Gasteiger partial charge in [-0.3, -0.25) is 4.79 Å². The van der Waals surface area contributed by atoms with Crippen LogP contribution in [0.3, 0.4) is 0 Å². The van der Waals surface area contributed by atoms with Crippen molar-refractivity contribution < 1.29 is 37.4 Å². The van der Waals surface area contributed by atoms with Gasteiger partial charge in [-0.15, -0.1) is 0 Å². The monoisotopic (exact) mass is 355 g/mol. The molecule has 0 bridgehead atoms. The van der Waals surface area contributed by atoms with Gasteiger partial charge in [-0.25, -0.2) is 4.79 Å². The number of amides is 1. The largest absolute Gasteiger partial charge is 0.490 e. The number of carbonyl (C=O) groups excluding carboxylic acids is 1. The number of ether oxygens (including phenoxy) is 2. The maximum Gasteiger partial charge on any atom is 0.387 e. The summed E-state index contributed by atoms with van der Waals surface area (Å²) in [4.78, 5) is 22.7. The molecule has 0 unspecified atom stereocenters. The highest BCUT2D eigenvalue weighted by Gasteiger charge is 2.18. The van der Waals surface area contributed by atoms with Crippen LogP contribution in [0.25, 0.3) is 0 Å². The topological polar surface area (TPSA) is 98.0 Å². The van der Waals surface area contributed by atoms with Crippen molar-refractivity contribution in [3.05, 3.63) is 47.4 Å². The summed E-state index contributed by atoms with van der Waals surface area (Å²) in [6.45, 7) is -1.26. The molecule has 0 saturated carbocycles. The quantitative estimate of drug-likeness (QED) is 0.756. The van der Waals surface area contributed by atoms with E-state index in [2.05, 4.69) is 10.1 Å². The number of benzene rings is 1. The van der Waals surface area contributed by atoms with Gasteiger partial charge < -0.3 is 24.3 Å². The highest BCUT2D eigenvalue weighted by molar-refractivity contribution is 5.93. The first-order valence-electron chi connectivity index (χ1n) is 7.23. The Balaban J connectivity index is 2.14. The third-order valence-electron chi connectivity index (χ3n) is 3.05. The molecule has 9 heteroatoms. The fraction of sp³-hybridized carbons (Fsp3) is 0.250. The molecule has 1 aromatic carbocycles. The lowest BCUT2D eigenvalue weighted by Gasteiger charge is -2.15. The molecule has 1 heterocycles. The van der Waals surface area contributed by atoms with Gasteiger partial charge in [0.1, 0.15) is 0 Å². The van der Waals surface area contributed by atoms with Gasteiger partial charge in [-0.1, -0.05) is 12.1 Å². The Morgan fingerprint density at radius 3 is 2.56 bits per heavy atom. The van der Waals surface area contributed by atoms with Gasteiger partial charge in [0, 0.05) is 12.1 Å². The smallest absolute Gasteiger partial charge is 0.387 e. The molecule has 7 nitrogen and oxygen atoms in total. The fourth-order valence-electron chi connectivity index (χ4n) is 2.03. The highest BCUT2D eigenvalue weighted by atomic mass is 19.3. The van der Waals surface area contributed by atoms with Crippen LogP contribution in [-0.2, 0) is 6.54 Å². The zero-order valence-electron chi connectivity index (χ0n) is 13.1. The summed E-state index contributed by atoms with van der Waals surface area (Å²) < 4.78 is 39.9. The van der Waals surface area contributed by atoms with Crippen LogP contribution in [0.4, 0.5) is 8.78 Å². The average molecular weight is 355 g/mol. The van der Waals surface area contributed by atoms with E-state index in [1.807, 2.05) is 0 Å². The van der Waals surface area contributed by atoms with Crippen molar-refractivity contribution >= 4 is 11.9 Å². The summed E-state index contributed by atoms with van der Waals surface area (Å²) in [6, 6.07) is 6.87. The minimum atomic E-state index is -3.06. The van der Waals surface area contributed by atoms with E-state index in [1.54, 1.807) is 13.0 Å². The summed E-state index contributed by atoms with van der Waals surface area (Å²) in [6.07, 6.45) is 0. The lowest BCUT2D eigenvalue weighted by Crippen LogP contribution is -2.23. The molecule has 2 rings (SSSR count). The molecule has 0 radical (unpaired) electrons. The third kappa shape index (κ3) is 4.69. The number of hydrogen-bond donors (Lipinski definition) is 2. The molecule has 0 fully saturated rings. The van der Waals surface area contributed by atoms with E-state index in [1.165, 1.54) is 18.2 Å². The number of carbonyl (C=O) groups is 2. The van der Waals surface area contributed by atoms with Gasteiger partial charge in [0.15, 0.2) is 17.3 Å². The zero-order valence-corrected chi connectivity index (χ0v) is 13.1. The van der Waals surface area contributed by atoms with Gasteiger partial charge in [0.2, 0.25) is 5.76 Å². The summed E-state index contributed by atoms with van der Waals surface area (Å²) in [7, 11) is 0. The Morgan fingerprint density at radius 2 is 1.96 bits per heavy atom.